The van der Waals surface area contributed by atoms with Crippen molar-refractivity contribution in [2.24, 2.45) is 0 Å². The molecule has 3 rings (SSSR count). The van der Waals surface area contributed by atoms with Crippen LogP contribution in [-0.4, -0.2) is 19.0 Å². The molecule has 0 bridgehead atoms. The lowest BCUT2D eigenvalue weighted by atomic mass is 10.1. The van der Waals surface area contributed by atoms with Crippen molar-refractivity contribution in [2.45, 2.75) is 6.42 Å². The molecule has 21 heavy (non-hydrogen) atoms. The van der Waals surface area contributed by atoms with Crippen LogP contribution in [0.15, 0.2) is 46.9 Å². The van der Waals surface area contributed by atoms with Gasteiger partial charge in [0.25, 0.3) is 5.91 Å². The summed E-state index contributed by atoms with van der Waals surface area (Å²) in [5.41, 5.74) is 2.41. The van der Waals surface area contributed by atoms with E-state index in [2.05, 4.69) is 21.2 Å². The van der Waals surface area contributed by atoms with E-state index < -0.39 is 0 Å². The molecular weight excluding hydrogens is 352 g/mol. The van der Waals surface area contributed by atoms with Gasteiger partial charge in [-0.3, -0.25) is 4.79 Å². The van der Waals surface area contributed by atoms with Crippen molar-refractivity contribution in [2.75, 3.05) is 23.3 Å². The minimum absolute atomic E-state index is 0.0661. The molecule has 0 fully saturated rings. The van der Waals surface area contributed by atoms with Crippen LogP contribution < -0.4 is 10.2 Å². The minimum Gasteiger partial charge on any atom is -0.383 e. The zero-order chi connectivity index (χ0) is 14.8. The Hall–Kier alpha value is -1.52. The number of para-hydroxylation sites is 2. The van der Waals surface area contributed by atoms with E-state index in [1.54, 1.807) is 17.0 Å². The van der Waals surface area contributed by atoms with E-state index in [-0.39, 0.29) is 5.91 Å². The van der Waals surface area contributed by atoms with Crippen molar-refractivity contribution in [3.8, 4) is 0 Å². The van der Waals surface area contributed by atoms with Crippen molar-refractivity contribution in [3.05, 3.63) is 57.5 Å². The van der Waals surface area contributed by atoms with Gasteiger partial charge in [-0.25, -0.2) is 0 Å². The molecule has 0 aliphatic carbocycles. The number of fused-ring (bicyclic) bond motifs is 1. The van der Waals surface area contributed by atoms with Crippen LogP contribution in [0.2, 0.25) is 5.02 Å². The zero-order valence-corrected chi connectivity index (χ0v) is 13.6. The number of carbonyl (C=O) groups is 1. The third-order valence-electron chi connectivity index (χ3n) is 3.48. The van der Waals surface area contributed by atoms with Gasteiger partial charge in [-0.05, 0) is 36.8 Å². The number of rotatable bonds is 1. The maximum Gasteiger partial charge on any atom is 0.259 e. The third-order valence-corrected chi connectivity index (χ3v) is 4.28. The number of halogens is 2. The highest BCUT2D eigenvalue weighted by Gasteiger charge is 2.23. The Morgan fingerprint density at radius 2 is 2.05 bits per heavy atom. The first-order valence-corrected chi connectivity index (χ1v) is 7.94. The number of hydrogen-bond donors (Lipinski definition) is 1. The van der Waals surface area contributed by atoms with Crippen LogP contribution in [0.5, 0.6) is 0 Å². The smallest absolute Gasteiger partial charge is 0.259 e. The van der Waals surface area contributed by atoms with Crippen LogP contribution in [0.1, 0.15) is 16.8 Å². The highest BCUT2D eigenvalue weighted by atomic mass is 79.9. The van der Waals surface area contributed by atoms with E-state index >= 15 is 0 Å². The van der Waals surface area contributed by atoms with Gasteiger partial charge in [0.15, 0.2) is 0 Å². The predicted molar refractivity (Wildman–Crippen MR) is 90.4 cm³/mol. The normalized spacial score (nSPS) is 14.1. The van der Waals surface area contributed by atoms with Crippen LogP contribution in [0.25, 0.3) is 0 Å². The van der Waals surface area contributed by atoms with E-state index in [9.17, 15) is 4.79 Å². The molecule has 5 heteroatoms. The van der Waals surface area contributed by atoms with Crippen LogP contribution >= 0.6 is 27.5 Å². The Labute approximate surface area is 137 Å². The fraction of sp³-hybridized carbons (Fsp3) is 0.188. The second kappa shape index (κ2) is 6.08. The van der Waals surface area contributed by atoms with Crippen LogP contribution in [-0.2, 0) is 0 Å². The zero-order valence-electron chi connectivity index (χ0n) is 11.3. The van der Waals surface area contributed by atoms with E-state index in [1.165, 1.54) is 0 Å². The molecule has 1 amide bonds. The summed E-state index contributed by atoms with van der Waals surface area (Å²) in [5, 5.41) is 3.81. The molecule has 1 aliphatic rings. The molecule has 108 valence electrons. The molecule has 0 spiro atoms. The maximum absolute atomic E-state index is 12.8. The van der Waals surface area contributed by atoms with Gasteiger partial charge < -0.3 is 10.2 Å². The number of nitrogens with zero attached hydrogens (tertiary/aromatic N) is 1. The van der Waals surface area contributed by atoms with Crippen molar-refractivity contribution < 1.29 is 4.79 Å². The number of anilines is 2. The molecule has 3 nitrogen and oxygen atoms in total. The predicted octanol–water partition coefficient (Wildman–Crippen LogP) is 4.56. The standard InChI is InChI=1S/C16H14BrClN2O/c17-11-6-7-12(13(18)10-11)16(21)20-9-3-8-19-14-4-1-2-5-15(14)20/h1-2,4-7,10,19H,3,8-9H2. The van der Waals surface area contributed by atoms with Gasteiger partial charge in [0, 0.05) is 17.6 Å². The summed E-state index contributed by atoms with van der Waals surface area (Å²) in [6.07, 6.45) is 0.897. The topological polar surface area (TPSA) is 32.3 Å². The van der Waals surface area contributed by atoms with Crippen molar-refractivity contribution in [1.29, 1.82) is 0 Å². The van der Waals surface area contributed by atoms with E-state index in [4.69, 9.17) is 11.6 Å². The Morgan fingerprint density at radius 3 is 2.86 bits per heavy atom. The minimum atomic E-state index is -0.0661. The molecule has 2 aromatic carbocycles. The van der Waals surface area contributed by atoms with E-state index in [0.29, 0.717) is 17.1 Å². The molecule has 0 atom stereocenters. The monoisotopic (exact) mass is 364 g/mol. The summed E-state index contributed by atoms with van der Waals surface area (Å²) < 4.78 is 0.863. The summed E-state index contributed by atoms with van der Waals surface area (Å²) in [5.74, 6) is -0.0661. The summed E-state index contributed by atoms with van der Waals surface area (Å²) in [7, 11) is 0. The quantitative estimate of drug-likeness (QED) is 0.803. The first-order valence-electron chi connectivity index (χ1n) is 6.76. The molecular formula is C16H14BrClN2O. The SMILES string of the molecule is O=C(c1ccc(Br)cc1Cl)N1CCCNc2ccccc21. The van der Waals surface area contributed by atoms with Gasteiger partial charge in [0.05, 0.1) is 22.0 Å². The average Bonchev–Trinajstić information content (AvgIpc) is 2.69. The second-order valence-electron chi connectivity index (χ2n) is 4.88. The molecule has 1 aliphatic heterocycles. The largest absolute Gasteiger partial charge is 0.383 e. The Kier molecular flexibility index (Phi) is 4.17. The summed E-state index contributed by atoms with van der Waals surface area (Å²) in [4.78, 5) is 14.6. The van der Waals surface area contributed by atoms with Gasteiger partial charge in [-0.15, -0.1) is 0 Å². The van der Waals surface area contributed by atoms with Gasteiger partial charge in [0.1, 0.15) is 0 Å². The van der Waals surface area contributed by atoms with Crippen LogP contribution in [0, 0.1) is 0 Å². The molecule has 1 heterocycles. The third kappa shape index (κ3) is 2.92. The molecule has 0 aromatic heterocycles. The van der Waals surface area contributed by atoms with Gasteiger partial charge in [0.2, 0.25) is 0 Å². The molecule has 0 saturated heterocycles. The summed E-state index contributed by atoms with van der Waals surface area (Å²) in [6.45, 7) is 1.53. The van der Waals surface area contributed by atoms with Crippen molar-refractivity contribution in [1.82, 2.24) is 0 Å². The molecule has 0 saturated carbocycles. The fourth-order valence-electron chi connectivity index (χ4n) is 2.46. The average molecular weight is 366 g/mol. The Morgan fingerprint density at radius 1 is 1.24 bits per heavy atom. The van der Waals surface area contributed by atoms with Gasteiger partial charge in [-0.1, -0.05) is 39.7 Å². The maximum atomic E-state index is 12.8. The van der Waals surface area contributed by atoms with Crippen LogP contribution in [0.3, 0.4) is 0 Å². The van der Waals surface area contributed by atoms with Gasteiger partial charge >= 0.3 is 0 Å². The fourth-order valence-corrected chi connectivity index (χ4v) is 3.21. The first-order chi connectivity index (χ1) is 10.2. The lowest BCUT2D eigenvalue weighted by molar-refractivity contribution is 0.0987. The summed E-state index contributed by atoms with van der Waals surface area (Å²) in [6, 6.07) is 13.2. The lowest BCUT2D eigenvalue weighted by Gasteiger charge is -2.23. The second-order valence-corrected chi connectivity index (χ2v) is 6.20. The molecule has 0 radical (unpaired) electrons. The Bertz CT molecular complexity index is 690. The molecule has 2 aromatic rings. The van der Waals surface area contributed by atoms with E-state index in [1.807, 2.05) is 30.3 Å². The Balaban J connectivity index is 2.01. The first kappa shape index (κ1) is 14.4. The lowest BCUT2D eigenvalue weighted by Crippen LogP contribution is -2.31. The van der Waals surface area contributed by atoms with E-state index in [0.717, 1.165) is 28.8 Å². The number of benzene rings is 2. The summed E-state index contributed by atoms with van der Waals surface area (Å²) >= 11 is 9.58. The van der Waals surface area contributed by atoms with Gasteiger partial charge in [-0.2, -0.15) is 0 Å². The van der Waals surface area contributed by atoms with Crippen molar-refractivity contribution >= 4 is 44.8 Å². The highest BCUT2D eigenvalue weighted by molar-refractivity contribution is 9.10. The highest BCUT2D eigenvalue weighted by Crippen LogP contribution is 2.31. The number of carbonyl (C=O) groups excluding carboxylic acids is 1. The number of nitrogens with one attached hydrogen (secondary N) is 1. The molecule has 0 unspecified atom stereocenters. The van der Waals surface area contributed by atoms with Crippen molar-refractivity contribution in [3.63, 3.8) is 0 Å². The van der Waals surface area contributed by atoms with Crippen LogP contribution in [0.4, 0.5) is 11.4 Å². The number of hydrogen-bond acceptors (Lipinski definition) is 2. The molecule has 1 N–H and O–H groups in total. The number of amides is 1.